The Hall–Kier alpha value is -1.35. The van der Waals surface area contributed by atoms with Crippen molar-refractivity contribution in [3.05, 3.63) is 28.3 Å². The largest absolute Gasteiger partial charge is 0.326 e. The van der Waals surface area contributed by atoms with Gasteiger partial charge in [-0.15, -0.1) is 0 Å². The Morgan fingerprint density at radius 2 is 2.12 bits per heavy atom. The van der Waals surface area contributed by atoms with E-state index in [1.807, 2.05) is 6.92 Å². The van der Waals surface area contributed by atoms with Gasteiger partial charge in [0.15, 0.2) is 0 Å². The summed E-state index contributed by atoms with van der Waals surface area (Å²) in [5.74, 6) is 0.108. The van der Waals surface area contributed by atoms with Crippen LogP contribution in [0.25, 0.3) is 0 Å². The second-order valence-corrected chi connectivity index (χ2v) is 4.42. The molecule has 3 heteroatoms. The fourth-order valence-corrected chi connectivity index (χ4v) is 2.45. The van der Waals surface area contributed by atoms with Crippen molar-refractivity contribution in [2.75, 3.05) is 5.32 Å². The number of nitrogens with two attached hydrogens (primary N) is 1. The van der Waals surface area contributed by atoms with Crippen molar-refractivity contribution in [3.8, 4) is 0 Å². The first-order valence-corrected chi connectivity index (χ1v) is 5.74. The van der Waals surface area contributed by atoms with E-state index in [-0.39, 0.29) is 11.8 Å². The van der Waals surface area contributed by atoms with Crippen molar-refractivity contribution < 1.29 is 4.79 Å². The van der Waals surface area contributed by atoms with Crippen LogP contribution < -0.4 is 11.1 Å². The number of benzene rings is 1. The number of hydrogen-bond acceptors (Lipinski definition) is 2. The zero-order chi connectivity index (χ0) is 11.9. The lowest BCUT2D eigenvalue weighted by atomic mass is 9.91. The van der Waals surface area contributed by atoms with E-state index in [1.54, 1.807) is 0 Å². The summed E-state index contributed by atoms with van der Waals surface area (Å²) in [7, 11) is 0. The molecule has 86 valence electrons. The molecule has 16 heavy (non-hydrogen) atoms. The van der Waals surface area contributed by atoms with Gasteiger partial charge in [0, 0.05) is 12.2 Å². The second kappa shape index (κ2) is 3.91. The van der Waals surface area contributed by atoms with Crippen molar-refractivity contribution in [1.29, 1.82) is 0 Å². The van der Waals surface area contributed by atoms with Crippen LogP contribution in [0.4, 0.5) is 5.69 Å². The van der Waals surface area contributed by atoms with E-state index in [9.17, 15) is 4.79 Å². The first-order chi connectivity index (χ1) is 7.60. The average molecular weight is 218 g/mol. The first-order valence-electron chi connectivity index (χ1n) is 5.74. The summed E-state index contributed by atoms with van der Waals surface area (Å²) >= 11 is 0. The van der Waals surface area contributed by atoms with Gasteiger partial charge in [0.1, 0.15) is 0 Å². The van der Waals surface area contributed by atoms with Crippen LogP contribution in [0, 0.1) is 13.8 Å². The Kier molecular flexibility index (Phi) is 2.72. The number of nitrogens with one attached hydrogen (secondary N) is 1. The number of aryl methyl sites for hydroxylation is 1. The summed E-state index contributed by atoms with van der Waals surface area (Å²) in [4.78, 5) is 11.8. The highest BCUT2D eigenvalue weighted by molar-refractivity contribution is 6.04. The van der Waals surface area contributed by atoms with Crippen LogP contribution in [0.5, 0.6) is 0 Å². The quantitative estimate of drug-likeness (QED) is 0.799. The fraction of sp³-hybridized carbons (Fsp3) is 0.462. The van der Waals surface area contributed by atoms with Gasteiger partial charge in [0.05, 0.1) is 5.92 Å². The lowest BCUT2D eigenvalue weighted by molar-refractivity contribution is -0.117. The third-order valence-corrected chi connectivity index (χ3v) is 3.56. The monoisotopic (exact) mass is 218 g/mol. The van der Waals surface area contributed by atoms with Crippen LogP contribution in [0.2, 0.25) is 0 Å². The highest BCUT2D eigenvalue weighted by Crippen LogP contribution is 2.39. The van der Waals surface area contributed by atoms with Gasteiger partial charge in [-0.05, 0) is 42.5 Å². The molecule has 0 spiro atoms. The molecule has 1 aromatic carbocycles. The van der Waals surface area contributed by atoms with Crippen molar-refractivity contribution in [2.24, 2.45) is 5.73 Å². The molecule has 1 amide bonds. The summed E-state index contributed by atoms with van der Waals surface area (Å²) in [5.41, 5.74) is 11.3. The van der Waals surface area contributed by atoms with Crippen molar-refractivity contribution in [3.63, 3.8) is 0 Å². The topological polar surface area (TPSA) is 55.1 Å². The van der Waals surface area contributed by atoms with E-state index in [0.717, 1.165) is 23.2 Å². The standard InChI is InChI=1S/C13H18N2O/c1-4-9-10-5-7(2)8(3)11(6-14)12(10)15-13(9)16/h5,9H,4,6,14H2,1-3H3,(H,15,16). The number of carbonyl (C=O) groups is 1. The van der Waals surface area contributed by atoms with Crippen LogP contribution in [0.1, 0.15) is 41.5 Å². The van der Waals surface area contributed by atoms with Crippen molar-refractivity contribution >= 4 is 11.6 Å². The molecule has 0 aromatic heterocycles. The minimum absolute atomic E-state index is 0.000370. The summed E-state index contributed by atoms with van der Waals surface area (Å²) < 4.78 is 0. The second-order valence-electron chi connectivity index (χ2n) is 4.42. The molecule has 0 radical (unpaired) electrons. The third kappa shape index (κ3) is 1.43. The van der Waals surface area contributed by atoms with Crippen LogP contribution in [0.3, 0.4) is 0 Å². The Labute approximate surface area is 96.0 Å². The number of hydrogen-bond donors (Lipinski definition) is 2. The Morgan fingerprint density at radius 3 is 2.69 bits per heavy atom. The van der Waals surface area contributed by atoms with E-state index >= 15 is 0 Å². The van der Waals surface area contributed by atoms with E-state index in [1.165, 1.54) is 11.1 Å². The van der Waals surface area contributed by atoms with Gasteiger partial charge in [-0.1, -0.05) is 13.0 Å². The molecule has 1 aliphatic rings. The SMILES string of the molecule is CCC1C(=O)Nc2c1cc(C)c(C)c2CN. The highest BCUT2D eigenvalue weighted by atomic mass is 16.2. The molecule has 1 heterocycles. The summed E-state index contributed by atoms with van der Waals surface area (Å²) in [6.07, 6.45) is 0.839. The molecule has 0 saturated heterocycles. The molecule has 0 fully saturated rings. The molecule has 1 aromatic rings. The first kappa shape index (κ1) is 11.1. The van der Waals surface area contributed by atoms with Gasteiger partial charge in [0.25, 0.3) is 0 Å². The maximum Gasteiger partial charge on any atom is 0.232 e. The third-order valence-electron chi connectivity index (χ3n) is 3.56. The van der Waals surface area contributed by atoms with Crippen LogP contribution in [0.15, 0.2) is 6.07 Å². The van der Waals surface area contributed by atoms with E-state index in [4.69, 9.17) is 5.73 Å². The molecule has 0 aliphatic carbocycles. The van der Waals surface area contributed by atoms with Gasteiger partial charge < -0.3 is 11.1 Å². The lowest BCUT2D eigenvalue weighted by Gasteiger charge is -2.13. The predicted molar refractivity (Wildman–Crippen MR) is 65.5 cm³/mol. The molecule has 3 nitrogen and oxygen atoms in total. The fourth-order valence-electron chi connectivity index (χ4n) is 2.45. The summed E-state index contributed by atoms with van der Waals surface area (Å²) in [6.45, 7) is 6.65. The molecule has 1 atom stereocenters. The number of amides is 1. The Balaban J connectivity index is 2.65. The lowest BCUT2D eigenvalue weighted by Crippen LogP contribution is -2.11. The van der Waals surface area contributed by atoms with Gasteiger partial charge in [-0.3, -0.25) is 4.79 Å². The van der Waals surface area contributed by atoms with Gasteiger partial charge in [-0.25, -0.2) is 0 Å². The average Bonchev–Trinajstić information content (AvgIpc) is 2.55. The Morgan fingerprint density at radius 1 is 1.44 bits per heavy atom. The molecule has 0 bridgehead atoms. The van der Waals surface area contributed by atoms with Gasteiger partial charge in [0.2, 0.25) is 5.91 Å². The zero-order valence-electron chi connectivity index (χ0n) is 10.1. The molecule has 2 rings (SSSR count). The number of anilines is 1. The Bertz CT molecular complexity index is 452. The molecule has 0 saturated carbocycles. The highest BCUT2D eigenvalue weighted by Gasteiger charge is 2.31. The number of carbonyl (C=O) groups excluding carboxylic acids is 1. The summed E-state index contributed by atoms with van der Waals surface area (Å²) in [6, 6.07) is 2.12. The molecular formula is C13H18N2O. The van der Waals surface area contributed by atoms with Crippen LogP contribution in [-0.2, 0) is 11.3 Å². The number of fused-ring (bicyclic) bond motifs is 1. The smallest absolute Gasteiger partial charge is 0.232 e. The van der Waals surface area contributed by atoms with E-state index in [0.29, 0.717) is 6.54 Å². The van der Waals surface area contributed by atoms with Crippen molar-refractivity contribution in [1.82, 2.24) is 0 Å². The molecule has 3 N–H and O–H groups in total. The van der Waals surface area contributed by atoms with Gasteiger partial charge >= 0.3 is 0 Å². The van der Waals surface area contributed by atoms with Crippen LogP contribution >= 0.6 is 0 Å². The van der Waals surface area contributed by atoms with E-state index < -0.39 is 0 Å². The van der Waals surface area contributed by atoms with Crippen molar-refractivity contribution in [2.45, 2.75) is 39.7 Å². The van der Waals surface area contributed by atoms with Gasteiger partial charge in [-0.2, -0.15) is 0 Å². The summed E-state index contributed by atoms with van der Waals surface area (Å²) in [5, 5.41) is 2.97. The molecule has 1 unspecified atom stereocenters. The maximum absolute atomic E-state index is 11.8. The molecule has 1 aliphatic heterocycles. The minimum atomic E-state index is -0.000370. The van der Waals surface area contributed by atoms with Crippen LogP contribution in [-0.4, -0.2) is 5.91 Å². The zero-order valence-corrected chi connectivity index (χ0v) is 10.1. The minimum Gasteiger partial charge on any atom is -0.326 e. The predicted octanol–water partition coefficient (Wildman–Crippen LogP) is 2.21. The number of rotatable bonds is 2. The maximum atomic E-state index is 11.8. The van der Waals surface area contributed by atoms with E-state index in [2.05, 4.69) is 25.2 Å². The normalized spacial score (nSPS) is 18.5. The molecular weight excluding hydrogens is 200 g/mol.